The SMILES string of the molecule is C=CC(=O)N1CC(NC(=O)Cn2c(C3CC3)c(C(=O)N3CCC(COC)CC3)c3cc(Cl)cc(C)c32)C1. The van der Waals surface area contributed by atoms with Gasteiger partial charge < -0.3 is 24.4 Å². The van der Waals surface area contributed by atoms with Gasteiger partial charge in [0.05, 0.1) is 17.1 Å². The van der Waals surface area contributed by atoms with Crippen molar-refractivity contribution in [3.05, 3.63) is 46.6 Å². The van der Waals surface area contributed by atoms with Crippen LogP contribution in [-0.2, 0) is 20.9 Å². The first kappa shape index (κ1) is 25.8. The molecular weight excluding hydrogens is 492 g/mol. The number of ether oxygens (including phenoxy) is 1. The first-order valence-corrected chi connectivity index (χ1v) is 13.5. The third-order valence-electron chi connectivity index (χ3n) is 7.87. The van der Waals surface area contributed by atoms with Gasteiger partial charge in [0.15, 0.2) is 0 Å². The smallest absolute Gasteiger partial charge is 0.256 e. The maximum Gasteiger partial charge on any atom is 0.256 e. The Labute approximate surface area is 222 Å². The second kappa shape index (κ2) is 10.5. The van der Waals surface area contributed by atoms with E-state index < -0.39 is 0 Å². The van der Waals surface area contributed by atoms with Crippen LogP contribution < -0.4 is 5.32 Å². The van der Waals surface area contributed by atoms with Crippen molar-refractivity contribution in [2.75, 3.05) is 39.9 Å². The van der Waals surface area contributed by atoms with Gasteiger partial charge in [-0.25, -0.2) is 0 Å². The van der Waals surface area contributed by atoms with E-state index in [9.17, 15) is 14.4 Å². The molecule has 1 aromatic carbocycles. The normalized spacial score (nSPS) is 18.7. The number of rotatable bonds is 8. The minimum absolute atomic E-state index is 0.0289. The van der Waals surface area contributed by atoms with Gasteiger partial charge in [0.1, 0.15) is 6.54 Å². The first-order chi connectivity index (χ1) is 17.8. The Bertz CT molecular complexity index is 1240. The van der Waals surface area contributed by atoms with E-state index in [-0.39, 0.29) is 36.2 Å². The van der Waals surface area contributed by atoms with Gasteiger partial charge in [0.2, 0.25) is 11.8 Å². The largest absolute Gasteiger partial charge is 0.384 e. The number of hydrogen-bond acceptors (Lipinski definition) is 4. The van der Waals surface area contributed by atoms with Crippen molar-refractivity contribution in [2.24, 2.45) is 5.92 Å². The minimum Gasteiger partial charge on any atom is -0.384 e. The fourth-order valence-corrected chi connectivity index (χ4v) is 6.11. The van der Waals surface area contributed by atoms with Gasteiger partial charge in [-0.05, 0) is 62.3 Å². The zero-order valence-corrected chi connectivity index (χ0v) is 22.4. The van der Waals surface area contributed by atoms with Crippen LogP contribution in [0.3, 0.4) is 0 Å². The van der Waals surface area contributed by atoms with E-state index in [1.165, 1.54) is 6.08 Å². The van der Waals surface area contributed by atoms with Gasteiger partial charge >= 0.3 is 0 Å². The third kappa shape index (κ3) is 5.14. The molecule has 1 N–H and O–H groups in total. The van der Waals surface area contributed by atoms with E-state index in [2.05, 4.69) is 11.9 Å². The maximum absolute atomic E-state index is 14.0. The number of likely N-dealkylation sites (tertiary alicyclic amines) is 2. The highest BCUT2D eigenvalue weighted by molar-refractivity contribution is 6.31. The van der Waals surface area contributed by atoms with Gasteiger partial charge in [-0.3, -0.25) is 14.4 Å². The lowest BCUT2D eigenvalue weighted by molar-refractivity contribution is -0.133. The zero-order chi connectivity index (χ0) is 26.3. The Morgan fingerprint density at radius 2 is 1.84 bits per heavy atom. The maximum atomic E-state index is 14.0. The predicted molar refractivity (Wildman–Crippen MR) is 143 cm³/mol. The molecule has 3 heterocycles. The fraction of sp³-hybridized carbons (Fsp3) is 0.536. The van der Waals surface area contributed by atoms with E-state index >= 15 is 0 Å². The van der Waals surface area contributed by atoms with Crippen molar-refractivity contribution in [1.29, 1.82) is 0 Å². The highest BCUT2D eigenvalue weighted by Crippen LogP contribution is 2.46. The number of fused-ring (bicyclic) bond motifs is 1. The van der Waals surface area contributed by atoms with Gasteiger partial charge in [-0.1, -0.05) is 18.2 Å². The lowest BCUT2D eigenvalue weighted by Gasteiger charge is -2.39. The van der Waals surface area contributed by atoms with E-state index in [1.807, 2.05) is 28.5 Å². The molecule has 2 aromatic rings. The molecule has 0 unspecified atom stereocenters. The van der Waals surface area contributed by atoms with Crippen LogP contribution in [0, 0.1) is 12.8 Å². The van der Waals surface area contributed by atoms with E-state index in [0.717, 1.165) is 54.5 Å². The number of benzene rings is 1. The molecule has 198 valence electrons. The zero-order valence-electron chi connectivity index (χ0n) is 21.6. The van der Waals surface area contributed by atoms with Gasteiger partial charge in [0.25, 0.3) is 5.91 Å². The van der Waals surface area contributed by atoms with Gasteiger partial charge in [-0.15, -0.1) is 0 Å². The molecule has 3 amide bonds. The van der Waals surface area contributed by atoms with Crippen LogP contribution in [0.5, 0.6) is 0 Å². The molecule has 3 fully saturated rings. The molecular formula is C28H35ClN4O4. The van der Waals surface area contributed by atoms with Gasteiger partial charge in [-0.2, -0.15) is 0 Å². The molecule has 9 heteroatoms. The number of halogens is 1. The number of aryl methyl sites for hydroxylation is 1. The minimum atomic E-state index is -0.125. The lowest BCUT2D eigenvalue weighted by atomic mass is 9.96. The van der Waals surface area contributed by atoms with Crippen LogP contribution in [-0.4, -0.2) is 78.0 Å². The van der Waals surface area contributed by atoms with Crippen LogP contribution in [0.1, 0.15) is 53.2 Å². The lowest BCUT2D eigenvalue weighted by Crippen LogP contribution is -2.61. The van der Waals surface area contributed by atoms with Crippen molar-refractivity contribution in [3.63, 3.8) is 0 Å². The quantitative estimate of drug-likeness (QED) is 0.534. The molecule has 2 saturated heterocycles. The topological polar surface area (TPSA) is 83.9 Å². The molecule has 1 aromatic heterocycles. The number of piperidine rings is 1. The second-order valence-electron chi connectivity index (χ2n) is 10.6. The van der Waals surface area contributed by atoms with Crippen molar-refractivity contribution in [2.45, 2.75) is 51.1 Å². The van der Waals surface area contributed by atoms with Gasteiger partial charge in [0, 0.05) is 61.9 Å². The standard InChI is InChI=1S/C28H35ClN4O4/c1-4-24(35)32-13-21(14-32)30-23(34)15-33-26-17(2)11-20(29)12-22(26)25(27(33)19-5-6-19)28(36)31-9-7-18(8-10-31)16-37-3/h4,11-12,18-19,21H,1,5-10,13-16H2,2-3H3,(H,30,34). The van der Waals surface area contributed by atoms with Crippen LogP contribution in [0.4, 0.5) is 0 Å². The van der Waals surface area contributed by atoms with E-state index in [1.54, 1.807) is 12.0 Å². The number of nitrogens with zero attached hydrogens (tertiary/aromatic N) is 3. The average molecular weight is 527 g/mol. The summed E-state index contributed by atoms with van der Waals surface area (Å²) in [6.07, 6.45) is 5.14. The van der Waals surface area contributed by atoms with Crippen LogP contribution in [0.25, 0.3) is 10.9 Å². The number of carbonyl (C=O) groups is 3. The Kier molecular flexibility index (Phi) is 7.32. The third-order valence-corrected chi connectivity index (χ3v) is 8.09. The van der Waals surface area contributed by atoms with Crippen molar-refractivity contribution >= 4 is 40.2 Å². The highest BCUT2D eigenvalue weighted by Gasteiger charge is 2.38. The fourth-order valence-electron chi connectivity index (χ4n) is 5.84. The summed E-state index contributed by atoms with van der Waals surface area (Å²) >= 11 is 6.48. The Morgan fingerprint density at radius 3 is 2.46 bits per heavy atom. The molecule has 0 bridgehead atoms. The highest BCUT2D eigenvalue weighted by atomic mass is 35.5. The molecule has 2 aliphatic heterocycles. The number of methoxy groups -OCH3 is 1. The summed E-state index contributed by atoms with van der Waals surface area (Å²) in [6.45, 7) is 8.71. The molecule has 5 rings (SSSR count). The monoisotopic (exact) mass is 526 g/mol. The average Bonchev–Trinajstić information content (AvgIpc) is 3.63. The summed E-state index contributed by atoms with van der Waals surface area (Å²) in [5.41, 5.74) is 3.50. The molecule has 1 aliphatic carbocycles. The second-order valence-corrected chi connectivity index (χ2v) is 11.1. The molecule has 37 heavy (non-hydrogen) atoms. The molecule has 0 atom stereocenters. The van der Waals surface area contributed by atoms with E-state index in [0.29, 0.717) is 42.7 Å². The Balaban J connectivity index is 1.44. The Hall–Kier alpha value is -2.84. The first-order valence-electron chi connectivity index (χ1n) is 13.1. The van der Waals surface area contributed by atoms with Crippen molar-refractivity contribution in [3.8, 4) is 0 Å². The van der Waals surface area contributed by atoms with Crippen molar-refractivity contribution < 1.29 is 19.1 Å². The number of carbonyl (C=O) groups excluding carboxylic acids is 3. The summed E-state index contributed by atoms with van der Waals surface area (Å²) in [6, 6.07) is 3.69. The summed E-state index contributed by atoms with van der Waals surface area (Å²) in [4.78, 5) is 42.5. The van der Waals surface area contributed by atoms with Crippen LogP contribution in [0.15, 0.2) is 24.8 Å². The summed E-state index contributed by atoms with van der Waals surface area (Å²) in [7, 11) is 1.72. The summed E-state index contributed by atoms with van der Waals surface area (Å²) in [5.74, 6) is 0.514. The van der Waals surface area contributed by atoms with Crippen LogP contribution in [0.2, 0.25) is 5.02 Å². The molecule has 3 aliphatic rings. The predicted octanol–water partition coefficient (Wildman–Crippen LogP) is 3.49. The van der Waals surface area contributed by atoms with Crippen LogP contribution >= 0.6 is 11.6 Å². The number of aromatic nitrogens is 1. The summed E-state index contributed by atoms with van der Waals surface area (Å²) in [5, 5.41) is 4.47. The molecule has 1 saturated carbocycles. The number of hydrogen-bond donors (Lipinski definition) is 1. The van der Waals surface area contributed by atoms with Crippen molar-refractivity contribution in [1.82, 2.24) is 19.7 Å². The number of amides is 3. The summed E-state index contributed by atoms with van der Waals surface area (Å²) < 4.78 is 7.37. The molecule has 0 spiro atoms. The number of nitrogens with one attached hydrogen (secondary N) is 1. The van der Waals surface area contributed by atoms with E-state index in [4.69, 9.17) is 16.3 Å². The molecule has 8 nitrogen and oxygen atoms in total. The molecule has 0 radical (unpaired) electrons. The Morgan fingerprint density at radius 1 is 1.14 bits per heavy atom.